The van der Waals surface area contributed by atoms with Gasteiger partial charge in [0.15, 0.2) is 9.84 Å². The number of rotatable bonds is 5. The van der Waals surface area contributed by atoms with Gasteiger partial charge in [0.25, 0.3) is 0 Å². The molecule has 1 fully saturated rings. The first-order valence-corrected chi connectivity index (χ1v) is 9.54. The third-order valence-corrected chi connectivity index (χ3v) is 7.08. The molecule has 0 saturated heterocycles. The fourth-order valence-electron chi connectivity index (χ4n) is 3.28. The predicted octanol–water partition coefficient (Wildman–Crippen LogP) is 3.11. The van der Waals surface area contributed by atoms with Crippen molar-refractivity contribution in [3.8, 4) is 0 Å². The average Bonchev–Trinajstić information content (AvgIpc) is 3.31. The van der Waals surface area contributed by atoms with E-state index in [4.69, 9.17) is 0 Å². The molecule has 0 spiro atoms. The van der Waals surface area contributed by atoms with Gasteiger partial charge in [-0.3, -0.25) is 0 Å². The Hall–Kier alpha value is -1.65. The standard InChI is InChI=1S/C19H22O3S/c1-3-14-6-8-15(9-7-14)18-17(12-20)19(18)23(21,22)16-10-4-13(2)5-11-16/h4-11,17-20H,3,12H2,1-2H3. The zero-order chi connectivity index (χ0) is 16.6. The minimum atomic E-state index is -3.42. The van der Waals surface area contributed by atoms with Crippen LogP contribution in [0.4, 0.5) is 0 Å². The molecule has 4 heteroatoms. The highest BCUT2D eigenvalue weighted by Crippen LogP contribution is 2.53. The van der Waals surface area contributed by atoms with E-state index in [-0.39, 0.29) is 18.4 Å². The molecule has 0 bridgehead atoms. The summed E-state index contributed by atoms with van der Waals surface area (Å²) >= 11 is 0. The van der Waals surface area contributed by atoms with Crippen LogP contribution in [0, 0.1) is 12.8 Å². The van der Waals surface area contributed by atoms with Crippen molar-refractivity contribution in [2.75, 3.05) is 6.61 Å². The summed E-state index contributed by atoms with van der Waals surface area (Å²) < 4.78 is 25.7. The quantitative estimate of drug-likeness (QED) is 0.916. The monoisotopic (exact) mass is 330 g/mol. The SMILES string of the molecule is CCc1ccc(C2C(CO)C2S(=O)(=O)c2ccc(C)cc2)cc1. The van der Waals surface area contributed by atoms with Crippen molar-refractivity contribution in [1.29, 1.82) is 0 Å². The lowest BCUT2D eigenvalue weighted by molar-refractivity contribution is 0.274. The summed E-state index contributed by atoms with van der Waals surface area (Å²) in [6.07, 6.45) is 0.958. The van der Waals surface area contributed by atoms with Gasteiger partial charge in [-0.05, 0) is 36.6 Å². The second-order valence-corrected chi connectivity index (χ2v) is 8.40. The van der Waals surface area contributed by atoms with Gasteiger partial charge >= 0.3 is 0 Å². The van der Waals surface area contributed by atoms with Crippen molar-refractivity contribution in [1.82, 2.24) is 0 Å². The lowest BCUT2D eigenvalue weighted by Crippen LogP contribution is -2.11. The summed E-state index contributed by atoms with van der Waals surface area (Å²) in [5.74, 6) is -0.328. The van der Waals surface area contributed by atoms with Crippen LogP contribution in [0.15, 0.2) is 53.4 Å². The molecule has 1 aliphatic carbocycles. The van der Waals surface area contributed by atoms with Crippen LogP contribution in [0.1, 0.15) is 29.5 Å². The molecule has 3 nitrogen and oxygen atoms in total. The fourth-order valence-corrected chi connectivity index (χ4v) is 5.48. The van der Waals surface area contributed by atoms with Crippen molar-refractivity contribution in [2.24, 2.45) is 5.92 Å². The van der Waals surface area contributed by atoms with Crippen molar-refractivity contribution in [3.05, 3.63) is 65.2 Å². The normalized spacial score (nSPS) is 23.7. The highest BCUT2D eigenvalue weighted by atomic mass is 32.2. The molecule has 122 valence electrons. The van der Waals surface area contributed by atoms with Crippen LogP contribution < -0.4 is 0 Å². The molecule has 3 rings (SSSR count). The Morgan fingerprint density at radius 3 is 2.13 bits per heavy atom. The van der Waals surface area contributed by atoms with Crippen LogP contribution in [0.5, 0.6) is 0 Å². The van der Waals surface area contributed by atoms with Crippen molar-refractivity contribution in [2.45, 2.75) is 36.3 Å². The maximum atomic E-state index is 12.9. The number of benzene rings is 2. The molecule has 1 N–H and O–H groups in total. The topological polar surface area (TPSA) is 54.4 Å². The van der Waals surface area contributed by atoms with Crippen molar-refractivity contribution in [3.63, 3.8) is 0 Å². The van der Waals surface area contributed by atoms with E-state index >= 15 is 0 Å². The third kappa shape index (κ3) is 2.93. The van der Waals surface area contributed by atoms with Crippen LogP contribution in [-0.4, -0.2) is 25.4 Å². The summed E-state index contributed by atoms with van der Waals surface area (Å²) in [4.78, 5) is 0.347. The van der Waals surface area contributed by atoms with Gasteiger partial charge in [-0.15, -0.1) is 0 Å². The average molecular weight is 330 g/mol. The molecule has 3 atom stereocenters. The first-order valence-electron chi connectivity index (χ1n) is 7.99. The van der Waals surface area contributed by atoms with Crippen LogP contribution in [0.3, 0.4) is 0 Å². The summed E-state index contributed by atoms with van der Waals surface area (Å²) in [5.41, 5.74) is 3.26. The molecule has 1 saturated carbocycles. The largest absolute Gasteiger partial charge is 0.396 e. The first kappa shape index (κ1) is 16.2. The van der Waals surface area contributed by atoms with Gasteiger partial charge in [-0.2, -0.15) is 0 Å². The minimum absolute atomic E-state index is 0.101. The maximum absolute atomic E-state index is 12.9. The molecule has 23 heavy (non-hydrogen) atoms. The summed E-state index contributed by atoms with van der Waals surface area (Å²) in [6, 6.07) is 15.0. The number of aliphatic hydroxyl groups excluding tert-OH is 1. The first-order chi connectivity index (χ1) is 11.0. The van der Waals surface area contributed by atoms with Gasteiger partial charge in [-0.1, -0.05) is 48.9 Å². The summed E-state index contributed by atoms with van der Waals surface area (Å²) in [7, 11) is -3.42. The van der Waals surface area contributed by atoms with E-state index in [0.717, 1.165) is 17.5 Å². The van der Waals surface area contributed by atoms with E-state index in [9.17, 15) is 13.5 Å². The van der Waals surface area contributed by atoms with Crippen LogP contribution in [-0.2, 0) is 16.3 Å². The van der Waals surface area contributed by atoms with Gasteiger partial charge < -0.3 is 5.11 Å². The molecule has 0 heterocycles. The second-order valence-electron chi connectivity index (χ2n) is 6.29. The Kier molecular flexibility index (Phi) is 4.30. The van der Waals surface area contributed by atoms with Crippen molar-refractivity contribution < 1.29 is 13.5 Å². The van der Waals surface area contributed by atoms with Gasteiger partial charge in [0, 0.05) is 18.4 Å². The number of sulfone groups is 1. The Morgan fingerprint density at radius 2 is 1.61 bits per heavy atom. The zero-order valence-corrected chi connectivity index (χ0v) is 14.3. The molecule has 0 radical (unpaired) electrons. The van der Waals surface area contributed by atoms with Crippen molar-refractivity contribution >= 4 is 9.84 Å². The molecule has 3 unspecified atom stereocenters. The molecule has 2 aromatic carbocycles. The molecule has 0 amide bonds. The Balaban J connectivity index is 1.90. The Labute approximate surface area is 137 Å². The molecular weight excluding hydrogens is 308 g/mol. The summed E-state index contributed by atoms with van der Waals surface area (Å²) in [5, 5.41) is 9.07. The highest BCUT2D eigenvalue weighted by molar-refractivity contribution is 7.92. The predicted molar refractivity (Wildman–Crippen MR) is 91.3 cm³/mol. The number of aryl methyl sites for hydroxylation is 2. The van der Waals surface area contributed by atoms with Gasteiger partial charge in [0.2, 0.25) is 0 Å². The Morgan fingerprint density at radius 1 is 1.00 bits per heavy atom. The molecular formula is C19H22O3S. The lowest BCUT2D eigenvalue weighted by atomic mass is 10.1. The van der Waals surface area contributed by atoms with Crippen LogP contribution >= 0.6 is 0 Å². The molecule has 0 aliphatic heterocycles. The maximum Gasteiger partial charge on any atom is 0.182 e. The molecule has 2 aromatic rings. The number of hydrogen-bond acceptors (Lipinski definition) is 3. The van der Waals surface area contributed by atoms with E-state index in [1.54, 1.807) is 12.1 Å². The van der Waals surface area contributed by atoms with Gasteiger partial charge in [0.1, 0.15) is 0 Å². The molecule has 0 aromatic heterocycles. The fraction of sp³-hybridized carbons (Fsp3) is 0.368. The minimum Gasteiger partial charge on any atom is -0.396 e. The van der Waals surface area contributed by atoms with E-state index in [1.807, 2.05) is 43.3 Å². The smallest absolute Gasteiger partial charge is 0.182 e. The number of hydrogen-bond donors (Lipinski definition) is 1. The second kappa shape index (κ2) is 6.10. The van der Waals surface area contributed by atoms with Gasteiger partial charge in [-0.25, -0.2) is 8.42 Å². The summed E-state index contributed by atoms with van der Waals surface area (Å²) in [6.45, 7) is 3.92. The van der Waals surface area contributed by atoms with E-state index in [0.29, 0.717) is 4.90 Å². The van der Waals surface area contributed by atoms with E-state index < -0.39 is 15.1 Å². The zero-order valence-electron chi connectivity index (χ0n) is 13.4. The third-order valence-electron chi connectivity index (χ3n) is 4.79. The highest BCUT2D eigenvalue weighted by Gasteiger charge is 2.58. The molecule has 1 aliphatic rings. The lowest BCUT2D eigenvalue weighted by Gasteiger charge is -2.05. The van der Waals surface area contributed by atoms with E-state index in [2.05, 4.69) is 6.92 Å². The Bertz CT molecular complexity index is 776. The van der Waals surface area contributed by atoms with Crippen LogP contribution in [0.25, 0.3) is 0 Å². The van der Waals surface area contributed by atoms with E-state index in [1.165, 1.54) is 5.56 Å². The van der Waals surface area contributed by atoms with Crippen LogP contribution in [0.2, 0.25) is 0 Å². The van der Waals surface area contributed by atoms with Gasteiger partial charge in [0.05, 0.1) is 10.1 Å². The number of aliphatic hydroxyl groups is 1.